The number of anilines is 1. The van der Waals surface area contributed by atoms with Crippen molar-refractivity contribution in [3.63, 3.8) is 0 Å². The minimum absolute atomic E-state index is 0.0553. The molecule has 13 heavy (non-hydrogen) atoms. The number of amides is 1. The Bertz CT molecular complexity index is 294. The molecule has 0 radical (unpaired) electrons. The minimum atomic E-state index is -0.382. The molecule has 0 atom stereocenters. The summed E-state index contributed by atoms with van der Waals surface area (Å²) < 4.78 is 17.3. The Balaban J connectivity index is 2.59. The number of aromatic nitrogens is 1. The Morgan fingerprint density at radius 1 is 1.77 bits per heavy atom. The summed E-state index contributed by atoms with van der Waals surface area (Å²) in [7, 11) is 1.41. The molecule has 6 heteroatoms. The van der Waals surface area contributed by atoms with Gasteiger partial charge in [0.1, 0.15) is 6.61 Å². The first-order chi connectivity index (χ1) is 6.13. The van der Waals surface area contributed by atoms with Crippen LogP contribution in [0.3, 0.4) is 0 Å². The maximum atomic E-state index is 12.7. The van der Waals surface area contributed by atoms with Crippen molar-refractivity contribution >= 4 is 22.4 Å². The molecule has 1 N–H and O–H groups in total. The monoisotopic (exact) mass is 204 g/mol. The van der Waals surface area contributed by atoms with Gasteiger partial charge in [0, 0.05) is 7.11 Å². The molecule has 0 fully saturated rings. The Morgan fingerprint density at radius 2 is 2.46 bits per heavy atom. The first-order valence-electron chi connectivity index (χ1n) is 3.55. The fraction of sp³-hybridized carbons (Fsp3) is 0.429. The van der Waals surface area contributed by atoms with Crippen molar-refractivity contribution in [1.82, 2.24) is 4.98 Å². The van der Waals surface area contributed by atoms with Crippen molar-refractivity contribution in [2.24, 2.45) is 0 Å². The van der Waals surface area contributed by atoms with Crippen LogP contribution in [-0.4, -0.2) is 24.6 Å². The molecule has 1 amide bonds. The molecular formula is C7H9FN2O2S. The molecule has 0 saturated carbocycles. The zero-order valence-corrected chi connectivity index (χ0v) is 8.07. The van der Waals surface area contributed by atoms with Gasteiger partial charge in [0.05, 0.1) is 5.69 Å². The van der Waals surface area contributed by atoms with Gasteiger partial charge in [-0.1, -0.05) is 11.3 Å². The van der Waals surface area contributed by atoms with Gasteiger partial charge in [-0.15, -0.1) is 0 Å². The van der Waals surface area contributed by atoms with Gasteiger partial charge in [0.25, 0.3) is 5.91 Å². The Hall–Kier alpha value is -1.01. The number of ether oxygens (including phenoxy) is 1. The highest BCUT2D eigenvalue weighted by Crippen LogP contribution is 2.19. The van der Waals surface area contributed by atoms with E-state index in [2.05, 4.69) is 15.0 Å². The Labute approximate surface area is 78.7 Å². The molecule has 0 aliphatic rings. The van der Waals surface area contributed by atoms with E-state index in [1.165, 1.54) is 14.0 Å². The standard InChI is InChI=1S/C7H9FN2O2S/c1-4-6(8)13-7(9-4)10-5(11)3-12-2/h3H2,1-2H3,(H,9,10,11). The van der Waals surface area contributed by atoms with Gasteiger partial charge in [-0.25, -0.2) is 4.98 Å². The fourth-order valence-corrected chi connectivity index (χ4v) is 1.43. The number of nitrogens with one attached hydrogen (secondary N) is 1. The van der Waals surface area contributed by atoms with E-state index in [-0.39, 0.29) is 28.5 Å². The van der Waals surface area contributed by atoms with E-state index in [0.29, 0.717) is 0 Å². The summed E-state index contributed by atoms with van der Waals surface area (Å²) in [6, 6.07) is 0. The summed E-state index contributed by atoms with van der Waals surface area (Å²) in [4.78, 5) is 14.7. The molecule has 0 aromatic carbocycles. The predicted octanol–water partition coefficient (Wildman–Crippen LogP) is 1.18. The first kappa shape index (κ1) is 10.1. The highest BCUT2D eigenvalue weighted by atomic mass is 32.1. The number of halogens is 1. The SMILES string of the molecule is COCC(=O)Nc1nc(C)c(F)s1. The lowest BCUT2D eigenvalue weighted by atomic mass is 10.6. The van der Waals surface area contributed by atoms with E-state index in [9.17, 15) is 9.18 Å². The maximum Gasteiger partial charge on any atom is 0.252 e. The summed E-state index contributed by atoms with van der Waals surface area (Å²) in [5.74, 6) is -0.337. The summed E-state index contributed by atoms with van der Waals surface area (Å²) >= 11 is 0.803. The van der Waals surface area contributed by atoms with Crippen LogP contribution in [0, 0.1) is 12.1 Å². The molecule has 0 aliphatic heterocycles. The second-order valence-electron chi connectivity index (χ2n) is 2.36. The number of rotatable bonds is 3. The van der Waals surface area contributed by atoms with Crippen LogP contribution in [0.15, 0.2) is 0 Å². The van der Waals surface area contributed by atoms with E-state index in [1.54, 1.807) is 0 Å². The third kappa shape index (κ3) is 2.74. The van der Waals surface area contributed by atoms with Crippen molar-refractivity contribution < 1.29 is 13.9 Å². The van der Waals surface area contributed by atoms with Crippen molar-refractivity contribution in [2.45, 2.75) is 6.92 Å². The molecule has 0 aliphatic carbocycles. The van der Waals surface area contributed by atoms with Crippen LogP contribution in [0.5, 0.6) is 0 Å². The lowest BCUT2D eigenvalue weighted by molar-refractivity contribution is -0.119. The quantitative estimate of drug-likeness (QED) is 0.804. The summed E-state index contributed by atoms with van der Waals surface area (Å²) in [5, 5.41) is 2.29. The highest BCUT2D eigenvalue weighted by Gasteiger charge is 2.08. The molecule has 0 spiro atoms. The van der Waals surface area contributed by atoms with Crippen molar-refractivity contribution in [1.29, 1.82) is 0 Å². The number of aryl methyl sites for hydroxylation is 1. The number of nitrogens with zero attached hydrogens (tertiary/aromatic N) is 1. The Kier molecular flexibility index (Phi) is 3.32. The van der Waals surface area contributed by atoms with Gasteiger partial charge < -0.3 is 4.74 Å². The zero-order chi connectivity index (χ0) is 9.84. The summed E-state index contributed by atoms with van der Waals surface area (Å²) in [6.07, 6.45) is 0. The minimum Gasteiger partial charge on any atom is -0.375 e. The van der Waals surface area contributed by atoms with Gasteiger partial charge in [-0.05, 0) is 6.92 Å². The Morgan fingerprint density at radius 3 is 2.92 bits per heavy atom. The third-order valence-corrected chi connectivity index (χ3v) is 2.12. The molecule has 1 aromatic rings. The smallest absolute Gasteiger partial charge is 0.252 e. The van der Waals surface area contributed by atoms with Crippen molar-refractivity contribution in [3.8, 4) is 0 Å². The van der Waals surface area contributed by atoms with Crippen LogP contribution in [-0.2, 0) is 9.53 Å². The van der Waals surface area contributed by atoms with Gasteiger partial charge in [0.2, 0.25) is 5.13 Å². The third-order valence-electron chi connectivity index (χ3n) is 1.26. The average molecular weight is 204 g/mol. The second kappa shape index (κ2) is 4.29. The van der Waals surface area contributed by atoms with Crippen LogP contribution in [0.1, 0.15) is 5.69 Å². The molecule has 0 bridgehead atoms. The largest absolute Gasteiger partial charge is 0.375 e. The van der Waals surface area contributed by atoms with Gasteiger partial charge in [0.15, 0.2) is 5.13 Å². The van der Waals surface area contributed by atoms with E-state index < -0.39 is 0 Å². The number of carbonyl (C=O) groups is 1. The van der Waals surface area contributed by atoms with Crippen molar-refractivity contribution in [2.75, 3.05) is 19.0 Å². The molecular weight excluding hydrogens is 195 g/mol. The normalized spacial score (nSPS) is 10.1. The van der Waals surface area contributed by atoms with Crippen LogP contribution >= 0.6 is 11.3 Å². The highest BCUT2D eigenvalue weighted by molar-refractivity contribution is 7.14. The summed E-state index contributed by atoms with van der Waals surface area (Å²) in [5.41, 5.74) is 0.290. The fourth-order valence-electron chi connectivity index (χ4n) is 0.718. The number of hydrogen-bond acceptors (Lipinski definition) is 4. The lowest BCUT2D eigenvalue weighted by Gasteiger charge is -1.98. The van der Waals surface area contributed by atoms with Crippen LogP contribution in [0.25, 0.3) is 0 Å². The topological polar surface area (TPSA) is 51.2 Å². The van der Waals surface area contributed by atoms with E-state index in [1.807, 2.05) is 0 Å². The lowest BCUT2D eigenvalue weighted by Crippen LogP contribution is -2.16. The molecule has 1 aromatic heterocycles. The molecule has 0 saturated heterocycles. The van der Waals surface area contributed by atoms with Crippen LogP contribution in [0.2, 0.25) is 0 Å². The summed E-state index contributed by atoms with van der Waals surface area (Å²) in [6.45, 7) is 1.48. The predicted molar refractivity (Wildman–Crippen MR) is 47.3 cm³/mol. The van der Waals surface area contributed by atoms with Gasteiger partial charge in [-0.2, -0.15) is 4.39 Å². The van der Waals surface area contributed by atoms with Crippen molar-refractivity contribution in [3.05, 3.63) is 10.8 Å². The number of carbonyl (C=O) groups excluding carboxylic acids is 1. The van der Waals surface area contributed by atoms with Gasteiger partial charge >= 0.3 is 0 Å². The number of methoxy groups -OCH3 is 1. The number of thiazole rings is 1. The van der Waals surface area contributed by atoms with E-state index in [0.717, 1.165) is 11.3 Å². The van der Waals surface area contributed by atoms with Gasteiger partial charge in [-0.3, -0.25) is 10.1 Å². The first-order valence-corrected chi connectivity index (χ1v) is 4.37. The van der Waals surface area contributed by atoms with Crippen LogP contribution < -0.4 is 5.32 Å². The van der Waals surface area contributed by atoms with E-state index >= 15 is 0 Å². The van der Waals surface area contributed by atoms with Crippen LogP contribution in [0.4, 0.5) is 9.52 Å². The van der Waals surface area contributed by atoms with E-state index in [4.69, 9.17) is 0 Å². The maximum absolute atomic E-state index is 12.7. The zero-order valence-electron chi connectivity index (χ0n) is 7.26. The molecule has 1 heterocycles. The number of hydrogen-bond donors (Lipinski definition) is 1. The second-order valence-corrected chi connectivity index (χ2v) is 3.31. The average Bonchev–Trinajstić information content (AvgIpc) is 2.31. The molecule has 72 valence electrons. The molecule has 1 rings (SSSR count). The molecule has 4 nitrogen and oxygen atoms in total. The molecule has 0 unspecified atom stereocenters.